The second-order valence-electron chi connectivity index (χ2n) is 6.03. The Labute approximate surface area is 149 Å². The maximum Gasteiger partial charge on any atom is 0.416 e. The van der Waals surface area contributed by atoms with E-state index >= 15 is 0 Å². The van der Waals surface area contributed by atoms with Crippen molar-refractivity contribution < 1.29 is 22.0 Å². The fourth-order valence-electron chi connectivity index (χ4n) is 3.03. The molecule has 1 N–H and O–H groups in total. The molecule has 0 amide bonds. The molecule has 0 saturated heterocycles. The molecular formula is C17H15F5N4O. The lowest BCUT2D eigenvalue weighted by molar-refractivity contribution is -0.137. The molecule has 0 radical (unpaired) electrons. The maximum atomic E-state index is 14.4. The van der Waals surface area contributed by atoms with E-state index in [1.807, 2.05) is 0 Å². The highest BCUT2D eigenvalue weighted by molar-refractivity contribution is 5.77. The molecule has 0 bridgehead atoms. The molecule has 10 heteroatoms. The van der Waals surface area contributed by atoms with E-state index < -0.39 is 35.8 Å². The first-order valence-electron chi connectivity index (χ1n) is 8.08. The Balaban J connectivity index is 2.21. The summed E-state index contributed by atoms with van der Waals surface area (Å²) < 4.78 is 67.3. The Morgan fingerprint density at radius 1 is 1.30 bits per heavy atom. The number of aromatic amines is 1. The van der Waals surface area contributed by atoms with Gasteiger partial charge in [-0.15, -0.1) is 0 Å². The number of H-pyrrole nitrogens is 1. The maximum absolute atomic E-state index is 14.4. The average Bonchev–Trinajstić information content (AvgIpc) is 2.95. The van der Waals surface area contributed by atoms with Gasteiger partial charge in [-0.25, -0.2) is 18.4 Å². The lowest BCUT2D eigenvalue weighted by Gasteiger charge is -2.18. The predicted molar refractivity (Wildman–Crippen MR) is 87.5 cm³/mol. The highest BCUT2D eigenvalue weighted by Crippen LogP contribution is 2.33. The van der Waals surface area contributed by atoms with Gasteiger partial charge >= 0.3 is 6.18 Å². The lowest BCUT2D eigenvalue weighted by atomic mass is 10.0. The molecule has 0 aliphatic rings. The molecule has 3 rings (SSSR count). The number of nitrogens with zero attached hydrogens (tertiary/aromatic N) is 3. The summed E-state index contributed by atoms with van der Waals surface area (Å²) in [5, 5.41) is 3.98. The Morgan fingerprint density at radius 3 is 2.56 bits per heavy atom. The quantitative estimate of drug-likeness (QED) is 0.688. The summed E-state index contributed by atoms with van der Waals surface area (Å²) in [7, 11) is 0. The lowest BCUT2D eigenvalue weighted by Crippen LogP contribution is -2.16. The zero-order valence-electron chi connectivity index (χ0n) is 14.4. The molecular weight excluding hydrogens is 371 g/mol. The van der Waals surface area contributed by atoms with Gasteiger partial charge in [-0.2, -0.15) is 18.3 Å². The van der Waals surface area contributed by atoms with E-state index in [0.717, 1.165) is 12.1 Å². The minimum absolute atomic E-state index is 0.0510. The fraction of sp³-hybridized carbons (Fsp3) is 0.353. The second kappa shape index (κ2) is 6.75. The van der Waals surface area contributed by atoms with Crippen LogP contribution in [0.5, 0.6) is 0 Å². The largest absolute Gasteiger partial charge is 0.416 e. The molecule has 0 spiro atoms. The van der Waals surface area contributed by atoms with Gasteiger partial charge in [-0.1, -0.05) is 13.0 Å². The molecule has 3 aromatic rings. The van der Waals surface area contributed by atoms with Crippen LogP contribution in [0.1, 0.15) is 42.0 Å². The van der Waals surface area contributed by atoms with E-state index in [-0.39, 0.29) is 34.5 Å². The monoisotopic (exact) mass is 386 g/mol. The molecule has 0 saturated carbocycles. The summed E-state index contributed by atoms with van der Waals surface area (Å²) in [4.78, 5) is 18.8. The summed E-state index contributed by atoms with van der Waals surface area (Å²) in [5.74, 6) is -0.814. The van der Waals surface area contributed by atoms with Gasteiger partial charge in [0.25, 0.3) is 5.56 Å². The Kier molecular flexibility index (Phi) is 4.75. The van der Waals surface area contributed by atoms with Crippen molar-refractivity contribution in [3.8, 4) is 0 Å². The summed E-state index contributed by atoms with van der Waals surface area (Å²) >= 11 is 0. The number of alkyl halides is 4. The Hall–Kier alpha value is -2.78. The van der Waals surface area contributed by atoms with Crippen molar-refractivity contribution in [2.24, 2.45) is 0 Å². The third-order valence-electron chi connectivity index (χ3n) is 4.25. The van der Waals surface area contributed by atoms with Gasteiger partial charge < -0.3 is 4.98 Å². The summed E-state index contributed by atoms with van der Waals surface area (Å²) in [6.45, 7) is 2.15. The van der Waals surface area contributed by atoms with Crippen LogP contribution in [-0.2, 0) is 12.9 Å². The number of aromatic nitrogens is 4. The van der Waals surface area contributed by atoms with Crippen molar-refractivity contribution in [1.29, 1.82) is 0 Å². The minimum Gasteiger partial charge on any atom is -0.310 e. The van der Waals surface area contributed by atoms with Crippen molar-refractivity contribution >= 4 is 11.0 Å². The van der Waals surface area contributed by atoms with Crippen LogP contribution in [0.3, 0.4) is 0 Å². The van der Waals surface area contributed by atoms with Gasteiger partial charge in [-0.05, 0) is 25.5 Å². The minimum atomic E-state index is -4.67. The van der Waals surface area contributed by atoms with Gasteiger partial charge in [0.05, 0.1) is 11.6 Å². The third kappa shape index (κ3) is 3.31. The van der Waals surface area contributed by atoms with Crippen LogP contribution < -0.4 is 5.56 Å². The number of rotatable bonds is 4. The molecule has 0 aliphatic carbocycles. The molecule has 0 fully saturated rings. The second-order valence-corrected chi connectivity index (χ2v) is 6.03. The van der Waals surface area contributed by atoms with Crippen molar-refractivity contribution in [3.63, 3.8) is 0 Å². The molecule has 2 heterocycles. The number of benzene rings is 1. The van der Waals surface area contributed by atoms with Crippen LogP contribution >= 0.6 is 0 Å². The van der Waals surface area contributed by atoms with Crippen molar-refractivity contribution in [1.82, 2.24) is 19.7 Å². The molecule has 1 aromatic carbocycles. The van der Waals surface area contributed by atoms with Crippen LogP contribution in [0.4, 0.5) is 22.0 Å². The van der Waals surface area contributed by atoms with Gasteiger partial charge in [-0.3, -0.25) is 4.79 Å². The smallest absolute Gasteiger partial charge is 0.310 e. The summed E-state index contributed by atoms with van der Waals surface area (Å²) in [6.07, 6.45) is -4.44. The average molecular weight is 386 g/mol. The first-order chi connectivity index (χ1) is 12.7. The zero-order valence-corrected chi connectivity index (χ0v) is 14.4. The summed E-state index contributed by atoms with van der Waals surface area (Å²) in [5.41, 5.74) is -1.86. The zero-order chi connectivity index (χ0) is 19.9. The van der Waals surface area contributed by atoms with E-state index in [2.05, 4.69) is 15.1 Å². The SMILES string of the molecule is CCC(c1ccc(C(F)(F)F)cc1F)n1nc(CF)c2c(=O)[nH]c(C)nc21. The number of halogens is 5. The first-order valence-corrected chi connectivity index (χ1v) is 8.08. The van der Waals surface area contributed by atoms with E-state index in [1.54, 1.807) is 6.92 Å². The first kappa shape index (κ1) is 19.0. The van der Waals surface area contributed by atoms with Crippen LogP contribution in [0.2, 0.25) is 0 Å². The van der Waals surface area contributed by atoms with E-state index in [9.17, 15) is 26.7 Å². The molecule has 2 aromatic heterocycles. The molecule has 5 nitrogen and oxygen atoms in total. The van der Waals surface area contributed by atoms with Gasteiger partial charge in [0, 0.05) is 5.56 Å². The van der Waals surface area contributed by atoms with Gasteiger partial charge in [0.1, 0.15) is 29.4 Å². The molecule has 27 heavy (non-hydrogen) atoms. The van der Waals surface area contributed by atoms with Crippen LogP contribution in [0.25, 0.3) is 11.0 Å². The topological polar surface area (TPSA) is 63.6 Å². The van der Waals surface area contributed by atoms with Crippen LogP contribution in [-0.4, -0.2) is 19.7 Å². The predicted octanol–water partition coefficient (Wildman–Crippen LogP) is 4.05. The van der Waals surface area contributed by atoms with E-state index in [4.69, 9.17) is 0 Å². The fourth-order valence-corrected chi connectivity index (χ4v) is 3.03. The standard InChI is InChI=1S/C17H15F5N4O/c1-3-13(10-5-4-9(6-11(10)19)17(20,21)22)26-15-14(12(7-18)25-26)16(27)24-8(2)23-15/h4-6,13H,3,7H2,1-2H3,(H,23,24,27). The normalized spacial score (nSPS) is 13.3. The number of nitrogens with one attached hydrogen (secondary N) is 1. The molecule has 144 valence electrons. The Bertz CT molecular complexity index is 1050. The van der Waals surface area contributed by atoms with Crippen LogP contribution in [0, 0.1) is 12.7 Å². The molecule has 1 unspecified atom stereocenters. The number of hydrogen-bond acceptors (Lipinski definition) is 3. The number of fused-ring (bicyclic) bond motifs is 1. The van der Waals surface area contributed by atoms with E-state index in [1.165, 1.54) is 11.6 Å². The van der Waals surface area contributed by atoms with Crippen molar-refractivity contribution in [2.75, 3.05) is 0 Å². The number of aryl methyl sites for hydroxylation is 1. The van der Waals surface area contributed by atoms with Crippen LogP contribution in [0.15, 0.2) is 23.0 Å². The number of hydrogen-bond donors (Lipinski definition) is 1. The van der Waals surface area contributed by atoms with Gasteiger partial charge in [0.15, 0.2) is 5.65 Å². The highest BCUT2D eigenvalue weighted by Gasteiger charge is 2.32. The Morgan fingerprint density at radius 2 is 2.00 bits per heavy atom. The third-order valence-corrected chi connectivity index (χ3v) is 4.25. The summed E-state index contributed by atoms with van der Waals surface area (Å²) in [6, 6.07) is 1.35. The van der Waals surface area contributed by atoms with Gasteiger partial charge in [0.2, 0.25) is 0 Å². The molecule has 0 aliphatic heterocycles. The van der Waals surface area contributed by atoms with Crippen molar-refractivity contribution in [3.05, 3.63) is 57.0 Å². The van der Waals surface area contributed by atoms with Crippen molar-refractivity contribution in [2.45, 2.75) is 39.2 Å². The molecule has 1 atom stereocenters. The van der Waals surface area contributed by atoms with E-state index in [0.29, 0.717) is 6.07 Å². The highest BCUT2D eigenvalue weighted by atomic mass is 19.4.